The van der Waals surface area contributed by atoms with Crippen molar-refractivity contribution in [2.75, 3.05) is 5.32 Å². The summed E-state index contributed by atoms with van der Waals surface area (Å²) in [5.41, 5.74) is 4.99. The van der Waals surface area contributed by atoms with E-state index in [1.165, 1.54) is 4.88 Å². The van der Waals surface area contributed by atoms with Crippen molar-refractivity contribution >= 4 is 22.9 Å². The molecule has 4 heteroatoms. The van der Waals surface area contributed by atoms with Crippen molar-refractivity contribution in [2.45, 2.75) is 32.8 Å². The number of fused-ring (bicyclic) bond motifs is 1. The molecular formula is C16H17NO2S. The number of amides is 1. The van der Waals surface area contributed by atoms with Crippen LogP contribution < -0.4 is 5.32 Å². The molecule has 104 valence electrons. The third kappa shape index (κ3) is 2.25. The maximum atomic E-state index is 11.5. The zero-order chi connectivity index (χ0) is 14.3. The lowest BCUT2D eigenvalue weighted by Gasteiger charge is -2.17. The Bertz CT molecular complexity index is 662. The summed E-state index contributed by atoms with van der Waals surface area (Å²) in [6.07, 6.45) is 0.515. The van der Waals surface area contributed by atoms with Crippen LogP contribution in [0.15, 0.2) is 23.6 Å². The molecule has 0 bridgehead atoms. The van der Waals surface area contributed by atoms with E-state index >= 15 is 0 Å². The third-order valence-corrected chi connectivity index (χ3v) is 4.87. The predicted octanol–water partition coefficient (Wildman–Crippen LogP) is 3.14. The number of anilines is 1. The molecular weight excluding hydrogens is 270 g/mol. The van der Waals surface area contributed by atoms with Gasteiger partial charge in [0.1, 0.15) is 0 Å². The topological polar surface area (TPSA) is 49.3 Å². The number of benzene rings is 1. The van der Waals surface area contributed by atoms with E-state index in [0.29, 0.717) is 12.8 Å². The molecule has 20 heavy (non-hydrogen) atoms. The molecule has 2 aromatic rings. The average molecular weight is 287 g/mol. The summed E-state index contributed by atoms with van der Waals surface area (Å²) in [6, 6.07) is 6.01. The number of hydrogen-bond acceptors (Lipinski definition) is 3. The molecule has 1 aromatic heterocycles. The molecule has 0 radical (unpaired) electrons. The molecule has 2 heterocycles. The summed E-state index contributed by atoms with van der Waals surface area (Å²) in [5.74, 6) is 0.0346. The predicted molar refractivity (Wildman–Crippen MR) is 81.2 cm³/mol. The number of aliphatic hydroxyl groups is 1. The molecule has 0 aliphatic carbocycles. The van der Waals surface area contributed by atoms with Crippen molar-refractivity contribution in [1.29, 1.82) is 0 Å². The molecule has 1 aliphatic heterocycles. The fourth-order valence-electron chi connectivity index (χ4n) is 2.76. The van der Waals surface area contributed by atoms with E-state index in [1.54, 1.807) is 11.3 Å². The first-order chi connectivity index (χ1) is 9.56. The van der Waals surface area contributed by atoms with Crippen molar-refractivity contribution in [2.24, 2.45) is 0 Å². The first kappa shape index (κ1) is 13.3. The maximum absolute atomic E-state index is 11.5. The molecule has 2 N–H and O–H groups in total. The molecule has 1 unspecified atom stereocenters. The Labute approximate surface area is 122 Å². The lowest BCUT2D eigenvalue weighted by Crippen LogP contribution is -2.06. The van der Waals surface area contributed by atoms with Gasteiger partial charge < -0.3 is 10.4 Å². The Morgan fingerprint density at radius 2 is 2.20 bits per heavy atom. The van der Waals surface area contributed by atoms with Crippen LogP contribution in [0.2, 0.25) is 0 Å². The Hall–Kier alpha value is -1.65. The van der Waals surface area contributed by atoms with E-state index in [-0.39, 0.29) is 5.91 Å². The molecule has 1 aromatic carbocycles. The molecule has 1 amide bonds. The molecule has 1 aliphatic rings. The average Bonchev–Trinajstić information content (AvgIpc) is 3.02. The van der Waals surface area contributed by atoms with E-state index in [2.05, 4.69) is 5.32 Å². The number of hydrogen-bond donors (Lipinski definition) is 2. The zero-order valence-electron chi connectivity index (χ0n) is 11.6. The van der Waals surface area contributed by atoms with Gasteiger partial charge in [0.15, 0.2) is 0 Å². The SMILES string of the molecule is Cc1c(C(O)Cc2cccs2)cc2c(c1C)NC(=O)C2. The van der Waals surface area contributed by atoms with Crippen LogP contribution in [0.3, 0.4) is 0 Å². The lowest BCUT2D eigenvalue weighted by molar-refractivity contribution is -0.115. The highest BCUT2D eigenvalue weighted by molar-refractivity contribution is 7.09. The second-order valence-corrected chi connectivity index (χ2v) is 6.31. The van der Waals surface area contributed by atoms with Gasteiger partial charge in [-0.05, 0) is 47.5 Å². The highest BCUT2D eigenvalue weighted by Crippen LogP contribution is 2.35. The molecule has 0 spiro atoms. The Kier molecular flexibility index (Phi) is 3.36. The van der Waals surface area contributed by atoms with Gasteiger partial charge in [-0.3, -0.25) is 4.79 Å². The highest BCUT2D eigenvalue weighted by Gasteiger charge is 2.24. The summed E-state index contributed by atoms with van der Waals surface area (Å²) in [5, 5.41) is 15.4. The first-order valence-electron chi connectivity index (χ1n) is 6.69. The van der Waals surface area contributed by atoms with E-state index < -0.39 is 6.10 Å². The lowest BCUT2D eigenvalue weighted by atomic mass is 9.93. The number of carbonyl (C=O) groups excluding carboxylic acids is 1. The van der Waals surface area contributed by atoms with Crippen LogP contribution in [0.1, 0.15) is 33.2 Å². The van der Waals surface area contributed by atoms with Crippen LogP contribution in [-0.2, 0) is 17.6 Å². The number of nitrogens with one attached hydrogen (secondary N) is 1. The number of aliphatic hydroxyl groups excluding tert-OH is 1. The van der Waals surface area contributed by atoms with Crippen LogP contribution in [0.5, 0.6) is 0 Å². The largest absolute Gasteiger partial charge is 0.388 e. The van der Waals surface area contributed by atoms with Crippen LogP contribution >= 0.6 is 11.3 Å². The van der Waals surface area contributed by atoms with Gasteiger partial charge in [-0.15, -0.1) is 11.3 Å². The fraction of sp³-hybridized carbons (Fsp3) is 0.312. The van der Waals surface area contributed by atoms with Crippen LogP contribution in [0.25, 0.3) is 0 Å². The number of thiophene rings is 1. The van der Waals surface area contributed by atoms with Gasteiger partial charge in [0.05, 0.1) is 12.5 Å². The summed E-state index contributed by atoms with van der Waals surface area (Å²) < 4.78 is 0. The van der Waals surface area contributed by atoms with E-state index in [1.807, 2.05) is 37.4 Å². The van der Waals surface area contributed by atoms with Gasteiger partial charge in [-0.1, -0.05) is 12.1 Å². The first-order valence-corrected chi connectivity index (χ1v) is 7.57. The number of carbonyl (C=O) groups is 1. The summed E-state index contributed by atoms with van der Waals surface area (Å²) in [7, 11) is 0. The Morgan fingerprint density at radius 3 is 2.90 bits per heavy atom. The second-order valence-electron chi connectivity index (χ2n) is 5.27. The molecule has 1 atom stereocenters. The molecule has 0 fully saturated rings. The van der Waals surface area contributed by atoms with Crippen LogP contribution in [0.4, 0.5) is 5.69 Å². The van der Waals surface area contributed by atoms with E-state index in [9.17, 15) is 9.90 Å². The fourth-order valence-corrected chi connectivity index (χ4v) is 3.50. The zero-order valence-corrected chi connectivity index (χ0v) is 12.4. The monoisotopic (exact) mass is 287 g/mol. The van der Waals surface area contributed by atoms with Gasteiger partial charge >= 0.3 is 0 Å². The van der Waals surface area contributed by atoms with Gasteiger partial charge in [0.2, 0.25) is 5.91 Å². The van der Waals surface area contributed by atoms with Crippen molar-refractivity contribution in [3.8, 4) is 0 Å². The third-order valence-electron chi connectivity index (χ3n) is 3.97. The normalized spacial score (nSPS) is 15.1. The van der Waals surface area contributed by atoms with Crippen molar-refractivity contribution in [1.82, 2.24) is 0 Å². The number of rotatable bonds is 3. The van der Waals surface area contributed by atoms with Crippen molar-refractivity contribution in [3.05, 3.63) is 50.7 Å². The highest BCUT2D eigenvalue weighted by atomic mass is 32.1. The summed E-state index contributed by atoms with van der Waals surface area (Å²) in [6.45, 7) is 4.01. The quantitative estimate of drug-likeness (QED) is 0.911. The van der Waals surface area contributed by atoms with E-state index in [4.69, 9.17) is 0 Å². The standard InChI is InChI=1S/C16H17NO2S/c1-9-10(2)16-11(7-15(19)17-16)6-13(9)14(18)8-12-4-3-5-20-12/h3-6,14,18H,7-8H2,1-2H3,(H,17,19). The molecule has 0 saturated carbocycles. The minimum Gasteiger partial charge on any atom is -0.388 e. The van der Waals surface area contributed by atoms with Gasteiger partial charge in [-0.25, -0.2) is 0 Å². The van der Waals surface area contributed by atoms with E-state index in [0.717, 1.165) is 27.9 Å². The minimum atomic E-state index is -0.520. The van der Waals surface area contributed by atoms with Crippen molar-refractivity contribution in [3.63, 3.8) is 0 Å². The summed E-state index contributed by atoms with van der Waals surface area (Å²) in [4.78, 5) is 12.7. The maximum Gasteiger partial charge on any atom is 0.228 e. The van der Waals surface area contributed by atoms with Crippen molar-refractivity contribution < 1.29 is 9.90 Å². The molecule has 3 nitrogen and oxygen atoms in total. The van der Waals surface area contributed by atoms with Crippen LogP contribution in [-0.4, -0.2) is 11.0 Å². The second kappa shape index (κ2) is 5.04. The Morgan fingerprint density at radius 1 is 1.40 bits per heavy atom. The summed E-state index contributed by atoms with van der Waals surface area (Å²) >= 11 is 1.66. The Balaban J connectivity index is 1.96. The smallest absolute Gasteiger partial charge is 0.228 e. The molecule has 3 rings (SSSR count). The minimum absolute atomic E-state index is 0.0346. The van der Waals surface area contributed by atoms with Gasteiger partial charge in [0, 0.05) is 17.0 Å². The van der Waals surface area contributed by atoms with Gasteiger partial charge in [0.25, 0.3) is 0 Å². The van der Waals surface area contributed by atoms with Gasteiger partial charge in [-0.2, -0.15) is 0 Å². The molecule has 0 saturated heterocycles. The van der Waals surface area contributed by atoms with Crippen LogP contribution in [0, 0.1) is 13.8 Å².